The van der Waals surface area contributed by atoms with Crippen molar-refractivity contribution in [3.05, 3.63) is 46.3 Å². The molecule has 0 bridgehead atoms. The quantitative estimate of drug-likeness (QED) is 0.876. The summed E-state index contributed by atoms with van der Waals surface area (Å²) in [4.78, 5) is 4.22. The third-order valence-corrected chi connectivity index (χ3v) is 2.67. The third kappa shape index (κ3) is 2.81. The summed E-state index contributed by atoms with van der Waals surface area (Å²) in [5.41, 5.74) is 0.432. The van der Waals surface area contributed by atoms with E-state index in [-0.39, 0.29) is 5.82 Å². The van der Waals surface area contributed by atoms with Gasteiger partial charge >= 0.3 is 0 Å². The zero-order chi connectivity index (χ0) is 12.3. The lowest BCUT2D eigenvalue weighted by Crippen LogP contribution is -2.06. The molecule has 0 atom stereocenters. The van der Waals surface area contributed by atoms with Crippen LogP contribution in [0.1, 0.15) is 17.2 Å². The van der Waals surface area contributed by atoms with Crippen LogP contribution in [0.5, 0.6) is 0 Å². The van der Waals surface area contributed by atoms with E-state index in [9.17, 15) is 4.39 Å². The molecule has 90 valence electrons. The van der Waals surface area contributed by atoms with Crippen molar-refractivity contribution >= 4 is 11.6 Å². The average Bonchev–Trinajstić information content (AvgIpc) is 2.72. The smallest absolute Gasteiger partial charge is 0.164 e. The van der Waals surface area contributed by atoms with Gasteiger partial charge in [-0.05, 0) is 19.2 Å². The molecule has 1 aromatic carbocycles. The predicted octanol–water partition coefficient (Wildman–Crippen LogP) is 1.91. The molecule has 0 radical (unpaired) electrons. The first-order valence-electron chi connectivity index (χ1n) is 5.18. The highest BCUT2D eigenvalue weighted by Gasteiger charge is 2.10. The average molecular weight is 255 g/mol. The summed E-state index contributed by atoms with van der Waals surface area (Å²) in [5.74, 6) is 0.918. The summed E-state index contributed by atoms with van der Waals surface area (Å²) >= 11 is 5.93. The number of rotatable bonds is 4. The molecule has 1 heterocycles. The predicted molar refractivity (Wildman–Crippen MR) is 63.4 cm³/mol. The van der Waals surface area contributed by atoms with Crippen molar-refractivity contribution in [3.63, 3.8) is 0 Å². The maximum absolute atomic E-state index is 13.5. The van der Waals surface area contributed by atoms with Gasteiger partial charge in [-0.3, -0.25) is 5.10 Å². The molecule has 0 aliphatic rings. The van der Waals surface area contributed by atoms with Crippen LogP contribution in [-0.4, -0.2) is 22.2 Å². The molecule has 4 nitrogen and oxygen atoms in total. The van der Waals surface area contributed by atoms with Crippen LogP contribution in [0.25, 0.3) is 0 Å². The second-order valence-electron chi connectivity index (χ2n) is 3.61. The summed E-state index contributed by atoms with van der Waals surface area (Å²) in [6.07, 6.45) is 0.308. The monoisotopic (exact) mass is 254 g/mol. The Kier molecular flexibility index (Phi) is 3.71. The van der Waals surface area contributed by atoms with Gasteiger partial charge in [0, 0.05) is 17.0 Å². The molecule has 0 saturated heterocycles. The molecule has 1 aromatic heterocycles. The van der Waals surface area contributed by atoms with Crippen LogP contribution in [0.3, 0.4) is 0 Å². The van der Waals surface area contributed by atoms with E-state index in [0.29, 0.717) is 35.2 Å². The molecule has 17 heavy (non-hydrogen) atoms. The lowest BCUT2D eigenvalue weighted by Gasteiger charge is -2.02. The van der Waals surface area contributed by atoms with Crippen molar-refractivity contribution in [1.82, 2.24) is 20.5 Å². The minimum atomic E-state index is -0.330. The zero-order valence-electron chi connectivity index (χ0n) is 9.30. The second kappa shape index (κ2) is 5.25. The van der Waals surface area contributed by atoms with Crippen LogP contribution >= 0.6 is 11.6 Å². The van der Waals surface area contributed by atoms with Crippen LogP contribution in [0.2, 0.25) is 5.02 Å². The first-order chi connectivity index (χ1) is 8.20. The summed E-state index contributed by atoms with van der Waals surface area (Å²) < 4.78 is 13.5. The van der Waals surface area contributed by atoms with Gasteiger partial charge in [0.15, 0.2) is 5.82 Å². The SMILES string of the molecule is CNCc1n[nH]c(Cc2c(F)cccc2Cl)n1. The van der Waals surface area contributed by atoms with Gasteiger partial charge in [0.2, 0.25) is 0 Å². The molecular formula is C11H12ClFN4. The number of hydrogen-bond donors (Lipinski definition) is 2. The molecule has 2 N–H and O–H groups in total. The van der Waals surface area contributed by atoms with E-state index in [1.165, 1.54) is 6.07 Å². The van der Waals surface area contributed by atoms with Crippen LogP contribution < -0.4 is 5.32 Å². The van der Waals surface area contributed by atoms with E-state index in [1.54, 1.807) is 12.1 Å². The van der Waals surface area contributed by atoms with Gasteiger partial charge in [-0.15, -0.1) is 0 Å². The molecular weight excluding hydrogens is 243 g/mol. The molecule has 0 fully saturated rings. The van der Waals surface area contributed by atoms with Gasteiger partial charge in [-0.25, -0.2) is 9.37 Å². The maximum atomic E-state index is 13.5. The molecule has 0 aliphatic carbocycles. The van der Waals surface area contributed by atoms with Gasteiger partial charge in [0.25, 0.3) is 0 Å². The van der Waals surface area contributed by atoms with E-state index >= 15 is 0 Å². The van der Waals surface area contributed by atoms with Crippen LogP contribution in [0, 0.1) is 5.82 Å². The number of nitrogens with one attached hydrogen (secondary N) is 2. The number of benzene rings is 1. The molecule has 0 spiro atoms. The number of aromatic amines is 1. The first kappa shape index (κ1) is 12.0. The largest absolute Gasteiger partial charge is 0.313 e. The summed E-state index contributed by atoms with van der Waals surface area (Å²) in [5, 5.41) is 10.1. The van der Waals surface area contributed by atoms with Gasteiger partial charge in [0.05, 0.1) is 6.54 Å². The number of hydrogen-bond acceptors (Lipinski definition) is 3. The van der Waals surface area contributed by atoms with Gasteiger partial charge < -0.3 is 5.32 Å². The first-order valence-corrected chi connectivity index (χ1v) is 5.56. The Morgan fingerprint density at radius 1 is 1.47 bits per heavy atom. The van der Waals surface area contributed by atoms with Gasteiger partial charge in [-0.1, -0.05) is 17.7 Å². The van der Waals surface area contributed by atoms with Crippen molar-refractivity contribution in [1.29, 1.82) is 0 Å². The number of halogens is 2. The fourth-order valence-corrected chi connectivity index (χ4v) is 1.75. The zero-order valence-corrected chi connectivity index (χ0v) is 10.1. The summed E-state index contributed by atoms with van der Waals surface area (Å²) in [6, 6.07) is 4.62. The van der Waals surface area contributed by atoms with Gasteiger partial charge in [-0.2, -0.15) is 5.10 Å². The van der Waals surface area contributed by atoms with E-state index in [1.807, 2.05) is 7.05 Å². The molecule has 6 heteroatoms. The molecule has 2 aromatic rings. The van der Waals surface area contributed by atoms with E-state index in [0.717, 1.165) is 0 Å². The summed E-state index contributed by atoms with van der Waals surface area (Å²) in [6.45, 7) is 0.571. The Morgan fingerprint density at radius 3 is 3.00 bits per heavy atom. The van der Waals surface area contributed by atoms with E-state index in [4.69, 9.17) is 11.6 Å². The third-order valence-electron chi connectivity index (χ3n) is 2.32. The Balaban J connectivity index is 2.19. The van der Waals surface area contributed by atoms with Crippen LogP contribution in [0.15, 0.2) is 18.2 Å². The minimum Gasteiger partial charge on any atom is -0.313 e. The normalized spacial score (nSPS) is 10.8. The fourth-order valence-electron chi connectivity index (χ4n) is 1.52. The lowest BCUT2D eigenvalue weighted by molar-refractivity contribution is 0.612. The number of H-pyrrole nitrogens is 1. The molecule has 0 unspecified atom stereocenters. The van der Waals surface area contributed by atoms with Gasteiger partial charge in [0.1, 0.15) is 11.6 Å². The molecule has 2 rings (SSSR count). The Labute approximate surface area is 103 Å². The Hall–Kier alpha value is -1.46. The Morgan fingerprint density at radius 2 is 2.29 bits per heavy atom. The Bertz CT molecular complexity index is 492. The molecule has 0 saturated carbocycles. The second-order valence-corrected chi connectivity index (χ2v) is 4.01. The van der Waals surface area contributed by atoms with Crippen molar-refractivity contribution in [2.24, 2.45) is 0 Å². The fraction of sp³-hybridized carbons (Fsp3) is 0.273. The van der Waals surface area contributed by atoms with Crippen molar-refractivity contribution in [3.8, 4) is 0 Å². The van der Waals surface area contributed by atoms with Crippen LogP contribution in [-0.2, 0) is 13.0 Å². The number of nitrogens with zero attached hydrogens (tertiary/aromatic N) is 2. The van der Waals surface area contributed by atoms with Crippen molar-refractivity contribution in [2.45, 2.75) is 13.0 Å². The van der Waals surface area contributed by atoms with Crippen molar-refractivity contribution < 1.29 is 4.39 Å². The van der Waals surface area contributed by atoms with Crippen LogP contribution in [0.4, 0.5) is 4.39 Å². The maximum Gasteiger partial charge on any atom is 0.164 e. The minimum absolute atomic E-state index is 0.308. The lowest BCUT2D eigenvalue weighted by atomic mass is 10.1. The topological polar surface area (TPSA) is 53.6 Å². The summed E-state index contributed by atoms with van der Waals surface area (Å²) in [7, 11) is 1.81. The highest BCUT2D eigenvalue weighted by Crippen LogP contribution is 2.20. The van der Waals surface area contributed by atoms with E-state index < -0.39 is 0 Å². The van der Waals surface area contributed by atoms with Crippen molar-refractivity contribution in [2.75, 3.05) is 7.05 Å². The standard InChI is InChI=1S/C11H12ClFN4/c1-14-6-11-15-10(16-17-11)5-7-8(12)3-2-4-9(7)13/h2-4,14H,5-6H2,1H3,(H,15,16,17). The highest BCUT2D eigenvalue weighted by atomic mass is 35.5. The molecule has 0 amide bonds. The molecule has 0 aliphatic heterocycles. The van der Waals surface area contributed by atoms with E-state index in [2.05, 4.69) is 20.5 Å². The number of aromatic nitrogens is 3. The highest BCUT2D eigenvalue weighted by molar-refractivity contribution is 6.31.